The van der Waals surface area contributed by atoms with Gasteiger partial charge >= 0.3 is 0 Å². The topological polar surface area (TPSA) is 68.2 Å². The number of nitriles is 1. The van der Waals surface area contributed by atoms with E-state index in [0.29, 0.717) is 16.6 Å². The Morgan fingerprint density at radius 2 is 1.87 bits per heavy atom. The Balaban J connectivity index is 1.29. The van der Waals surface area contributed by atoms with Crippen LogP contribution >= 0.6 is 11.6 Å². The zero-order valence-corrected chi connectivity index (χ0v) is 18.0. The largest absolute Gasteiger partial charge is 0.382 e. The van der Waals surface area contributed by atoms with E-state index in [4.69, 9.17) is 16.9 Å². The summed E-state index contributed by atoms with van der Waals surface area (Å²) in [4.78, 5) is 15.1. The second-order valence-electron chi connectivity index (χ2n) is 8.44. The number of rotatable bonds is 4. The van der Waals surface area contributed by atoms with Gasteiger partial charge in [0.15, 0.2) is 0 Å². The lowest BCUT2D eigenvalue weighted by molar-refractivity contribution is 0.0926. The molecule has 6 heteroatoms. The van der Waals surface area contributed by atoms with Gasteiger partial charge in [-0.1, -0.05) is 17.7 Å². The molecule has 5 nitrogen and oxygen atoms in total. The predicted molar refractivity (Wildman–Crippen MR) is 120 cm³/mol. The number of amides is 1. The number of hydrogen-bond donors (Lipinski definition) is 2. The Hall–Kier alpha value is -2.55. The minimum atomic E-state index is 0.0343. The minimum absolute atomic E-state index is 0.0343. The fraction of sp³-hybridized carbons (Fsp3) is 0.417. The molecule has 156 valence electrons. The van der Waals surface area contributed by atoms with Crippen molar-refractivity contribution in [1.82, 2.24) is 10.2 Å². The average molecular weight is 423 g/mol. The highest BCUT2D eigenvalue weighted by Gasteiger charge is 2.23. The zero-order chi connectivity index (χ0) is 21.1. The summed E-state index contributed by atoms with van der Waals surface area (Å²) in [5.41, 5.74) is 4.82. The number of likely N-dealkylation sites (N-methyl/N-ethyl adjacent to an activating group) is 1. The molecule has 0 aromatic heterocycles. The number of benzene rings is 2. The molecule has 0 saturated heterocycles. The van der Waals surface area contributed by atoms with Crippen molar-refractivity contribution in [3.8, 4) is 6.07 Å². The van der Waals surface area contributed by atoms with Crippen LogP contribution in [0.4, 0.5) is 5.69 Å². The summed E-state index contributed by atoms with van der Waals surface area (Å²) in [5, 5.41) is 16.2. The average Bonchev–Trinajstić information content (AvgIpc) is 2.75. The first-order valence-electron chi connectivity index (χ1n) is 10.6. The standard InChI is InChI=1S/C24H27ClN4O/c1-29-11-10-16-12-17(2-3-19(16)15-29)24(30)28-21-8-6-20(7-9-21)27-22-5-4-18(14-26)23(25)13-22/h2-5,12-13,20-21,27H,6-11,15H2,1H3,(H,28,30)/t20-,21-. The van der Waals surface area contributed by atoms with E-state index in [1.807, 2.05) is 18.2 Å². The summed E-state index contributed by atoms with van der Waals surface area (Å²) in [5.74, 6) is 0.0343. The molecule has 1 amide bonds. The van der Waals surface area contributed by atoms with Crippen LogP contribution in [-0.4, -0.2) is 36.5 Å². The van der Waals surface area contributed by atoms with Crippen LogP contribution in [0.1, 0.15) is 52.7 Å². The number of carbonyl (C=O) groups excluding carboxylic acids is 1. The minimum Gasteiger partial charge on any atom is -0.382 e. The molecule has 2 aromatic carbocycles. The molecule has 0 atom stereocenters. The predicted octanol–water partition coefficient (Wildman–Crippen LogP) is 4.35. The molecule has 4 rings (SSSR count). The fourth-order valence-corrected chi connectivity index (χ4v) is 4.64. The quantitative estimate of drug-likeness (QED) is 0.768. The second kappa shape index (κ2) is 9.07. The smallest absolute Gasteiger partial charge is 0.251 e. The number of anilines is 1. The number of nitrogens with zero attached hydrogens (tertiary/aromatic N) is 2. The van der Waals surface area contributed by atoms with Crippen LogP contribution in [0.3, 0.4) is 0 Å². The molecule has 1 fully saturated rings. The van der Waals surface area contributed by atoms with Gasteiger partial charge in [-0.15, -0.1) is 0 Å². The van der Waals surface area contributed by atoms with Gasteiger partial charge in [-0.3, -0.25) is 4.79 Å². The van der Waals surface area contributed by atoms with Crippen molar-refractivity contribution >= 4 is 23.2 Å². The van der Waals surface area contributed by atoms with Gasteiger partial charge in [-0.2, -0.15) is 5.26 Å². The van der Waals surface area contributed by atoms with Gasteiger partial charge in [0.1, 0.15) is 6.07 Å². The maximum Gasteiger partial charge on any atom is 0.251 e. The number of fused-ring (bicyclic) bond motifs is 1. The monoisotopic (exact) mass is 422 g/mol. The lowest BCUT2D eigenvalue weighted by Crippen LogP contribution is -2.40. The highest BCUT2D eigenvalue weighted by Crippen LogP contribution is 2.26. The molecule has 0 spiro atoms. The van der Waals surface area contributed by atoms with Crippen molar-refractivity contribution in [3.63, 3.8) is 0 Å². The van der Waals surface area contributed by atoms with E-state index in [2.05, 4.69) is 40.8 Å². The van der Waals surface area contributed by atoms with Crippen LogP contribution in [-0.2, 0) is 13.0 Å². The van der Waals surface area contributed by atoms with Gasteiger partial charge < -0.3 is 15.5 Å². The van der Waals surface area contributed by atoms with Crippen LogP contribution < -0.4 is 10.6 Å². The summed E-state index contributed by atoms with van der Waals surface area (Å²) < 4.78 is 0. The van der Waals surface area contributed by atoms with E-state index in [1.165, 1.54) is 11.1 Å². The van der Waals surface area contributed by atoms with E-state index in [0.717, 1.165) is 56.4 Å². The van der Waals surface area contributed by atoms with Gasteiger partial charge in [0.2, 0.25) is 0 Å². The molecule has 0 bridgehead atoms. The van der Waals surface area contributed by atoms with Crippen LogP contribution in [0.5, 0.6) is 0 Å². The first kappa shape index (κ1) is 20.7. The maximum absolute atomic E-state index is 12.8. The van der Waals surface area contributed by atoms with Crippen molar-refractivity contribution < 1.29 is 4.79 Å². The summed E-state index contributed by atoms with van der Waals surface area (Å²) >= 11 is 6.12. The van der Waals surface area contributed by atoms with Crippen molar-refractivity contribution in [2.24, 2.45) is 0 Å². The summed E-state index contributed by atoms with van der Waals surface area (Å²) in [6, 6.07) is 14.2. The highest BCUT2D eigenvalue weighted by molar-refractivity contribution is 6.32. The number of nitrogens with one attached hydrogen (secondary N) is 2. The highest BCUT2D eigenvalue weighted by atomic mass is 35.5. The van der Waals surface area contributed by atoms with E-state index in [1.54, 1.807) is 6.07 Å². The normalized spacial score (nSPS) is 21.4. The summed E-state index contributed by atoms with van der Waals surface area (Å²) in [7, 11) is 2.13. The first-order chi connectivity index (χ1) is 14.5. The SMILES string of the molecule is CN1CCc2cc(C(=O)N[C@H]3CC[C@H](Nc4ccc(C#N)c(Cl)c4)CC3)ccc2C1. The molecule has 1 aliphatic carbocycles. The second-order valence-corrected chi connectivity index (χ2v) is 8.85. The van der Waals surface area contributed by atoms with E-state index < -0.39 is 0 Å². The summed E-state index contributed by atoms with van der Waals surface area (Å²) in [6.45, 7) is 2.00. The van der Waals surface area contributed by atoms with Crippen LogP contribution in [0, 0.1) is 11.3 Å². The lowest BCUT2D eigenvalue weighted by atomic mass is 9.90. The van der Waals surface area contributed by atoms with Crippen LogP contribution in [0.2, 0.25) is 5.02 Å². The number of hydrogen-bond acceptors (Lipinski definition) is 4. The van der Waals surface area contributed by atoms with Gasteiger partial charge in [0, 0.05) is 36.4 Å². The molecule has 2 N–H and O–H groups in total. The number of carbonyl (C=O) groups is 1. The van der Waals surface area contributed by atoms with Crippen LogP contribution in [0.15, 0.2) is 36.4 Å². The Kier molecular flexibility index (Phi) is 6.26. The molecular weight excluding hydrogens is 396 g/mol. The number of halogens is 1. The molecule has 2 aliphatic rings. The molecule has 0 unspecified atom stereocenters. The molecule has 30 heavy (non-hydrogen) atoms. The third-order valence-electron chi connectivity index (χ3n) is 6.19. The van der Waals surface area contributed by atoms with Crippen molar-refractivity contribution in [2.75, 3.05) is 18.9 Å². The van der Waals surface area contributed by atoms with Crippen molar-refractivity contribution in [3.05, 3.63) is 63.7 Å². The summed E-state index contributed by atoms with van der Waals surface area (Å²) in [6.07, 6.45) is 4.87. The Bertz CT molecular complexity index is 976. The van der Waals surface area contributed by atoms with Gasteiger partial charge in [0.25, 0.3) is 5.91 Å². The third-order valence-corrected chi connectivity index (χ3v) is 6.51. The zero-order valence-electron chi connectivity index (χ0n) is 17.2. The first-order valence-corrected chi connectivity index (χ1v) is 11.0. The van der Waals surface area contributed by atoms with Crippen molar-refractivity contribution in [2.45, 2.75) is 50.7 Å². The fourth-order valence-electron chi connectivity index (χ4n) is 4.42. The third kappa shape index (κ3) is 4.77. The van der Waals surface area contributed by atoms with Gasteiger partial charge in [0.05, 0.1) is 10.6 Å². The Morgan fingerprint density at radius 3 is 2.60 bits per heavy atom. The Morgan fingerprint density at radius 1 is 1.10 bits per heavy atom. The molecule has 0 radical (unpaired) electrons. The van der Waals surface area contributed by atoms with E-state index in [-0.39, 0.29) is 11.9 Å². The Labute approximate surface area is 183 Å². The van der Waals surface area contributed by atoms with Crippen molar-refractivity contribution in [1.29, 1.82) is 5.26 Å². The molecule has 1 aliphatic heterocycles. The molecule has 1 saturated carbocycles. The molecular formula is C24H27ClN4O. The van der Waals surface area contributed by atoms with Crippen LogP contribution in [0.25, 0.3) is 0 Å². The van der Waals surface area contributed by atoms with E-state index in [9.17, 15) is 4.79 Å². The molecule has 1 heterocycles. The maximum atomic E-state index is 12.8. The van der Waals surface area contributed by atoms with E-state index >= 15 is 0 Å². The molecule has 2 aromatic rings. The lowest BCUT2D eigenvalue weighted by Gasteiger charge is -2.30. The van der Waals surface area contributed by atoms with Gasteiger partial charge in [-0.05, 0) is 80.6 Å². The van der Waals surface area contributed by atoms with Gasteiger partial charge in [-0.25, -0.2) is 0 Å².